The number of hydrogen-bond acceptors (Lipinski definition) is 11. The molecule has 0 aliphatic rings. The van der Waals surface area contributed by atoms with Gasteiger partial charge in [-0.25, -0.2) is 12.7 Å². The lowest BCUT2D eigenvalue weighted by Crippen LogP contribution is -2.37. The van der Waals surface area contributed by atoms with Gasteiger partial charge in [0.1, 0.15) is 30.9 Å². The molecule has 0 fully saturated rings. The molecular weight excluding hydrogens is 601 g/mol. The summed E-state index contributed by atoms with van der Waals surface area (Å²) in [6.45, 7) is 1.58. The van der Waals surface area contributed by atoms with E-state index in [0.29, 0.717) is 27.7 Å². The van der Waals surface area contributed by atoms with Crippen molar-refractivity contribution in [1.82, 2.24) is 4.90 Å². The van der Waals surface area contributed by atoms with E-state index < -0.39 is 32.5 Å². The molecule has 0 heterocycles. The van der Waals surface area contributed by atoms with Crippen molar-refractivity contribution in [3.8, 4) is 11.5 Å². The summed E-state index contributed by atoms with van der Waals surface area (Å²) in [5.41, 5.74) is 0.741. The summed E-state index contributed by atoms with van der Waals surface area (Å²) in [6, 6.07) is 23.0. The quantitative estimate of drug-likeness (QED) is 0.0633. The normalized spacial score (nSPS) is 11.0. The van der Waals surface area contributed by atoms with Gasteiger partial charge in [-0.1, -0.05) is 67.9 Å². The van der Waals surface area contributed by atoms with Crippen molar-refractivity contribution in [2.45, 2.75) is 36.2 Å². The topological polar surface area (TPSA) is 110 Å². The molecule has 0 saturated carbocycles. The smallest absolute Gasteiger partial charge is 0.411 e. The maximum Gasteiger partial charge on any atom is 0.411 e. The van der Waals surface area contributed by atoms with Crippen LogP contribution in [0.25, 0.3) is 0 Å². The molecule has 10 nitrogen and oxygen atoms in total. The highest BCUT2D eigenvalue weighted by atomic mass is 32.2. The number of esters is 1. The number of amides is 1. The molecule has 1 amide bonds. The fourth-order valence-corrected chi connectivity index (χ4v) is 6.97. The Balaban J connectivity index is 1.84. The minimum atomic E-state index is -4.17. The molecule has 0 N–H and O–H groups in total. The Hall–Kier alpha value is -3.15. The van der Waals surface area contributed by atoms with E-state index in [-0.39, 0.29) is 13.2 Å². The molecule has 226 valence electrons. The van der Waals surface area contributed by atoms with Crippen LogP contribution in [0.1, 0.15) is 25.3 Å². The zero-order valence-corrected chi connectivity index (χ0v) is 26.2. The van der Waals surface area contributed by atoms with Crippen LogP contribution in [0, 0.1) is 0 Å². The molecule has 0 atom stereocenters. The Morgan fingerprint density at radius 3 is 1.88 bits per heavy atom. The summed E-state index contributed by atoms with van der Waals surface area (Å²) in [5, 5.41) is 0. The molecule has 0 aromatic heterocycles. The van der Waals surface area contributed by atoms with Crippen LogP contribution in [-0.4, -0.2) is 50.6 Å². The van der Waals surface area contributed by atoms with Crippen LogP contribution >= 0.6 is 31.7 Å². The predicted octanol–water partition coefficient (Wildman–Crippen LogP) is 7.58. The van der Waals surface area contributed by atoms with Gasteiger partial charge in [0.15, 0.2) is 0 Å². The van der Waals surface area contributed by atoms with Crippen molar-refractivity contribution < 1.29 is 41.0 Å². The van der Waals surface area contributed by atoms with E-state index in [1.54, 1.807) is 60.7 Å². The molecule has 0 radical (unpaired) electrons. The molecule has 3 rings (SSSR count). The Bertz CT molecular complexity index is 1270. The second-order valence-electron chi connectivity index (χ2n) is 8.68. The van der Waals surface area contributed by atoms with Gasteiger partial charge >= 0.3 is 19.7 Å². The van der Waals surface area contributed by atoms with Crippen LogP contribution in [0.4, 0.5) is 4.79 Å². The number of ether oxygens (including phenoxy) is 4. The summed E-state index contributed by atoms with van der Waals surface area (Å²) in [6.07, 6.45) is 0.00419. The van der Waals surface area contributed by atoms with Crippen molar-refractivity contribution in [2.24, 2.45) is 0 Å². The Kier molecular flexibility index (Phi) is 14.1. The van der Waals surface area contributed by atoms with Crippen molar-refractivity contribution in [2.75, 3.05) is 33.7 Å². The van der Waals surface area contributed by atoms with Crippen molar-refractivity contribution >= 4 is 43.7 Å². The zero-order chi connectivity index (χ0) is 30.2. The number of hydrogen-bond donors (Lipinski definition) is 0. The average Bonchev–Trinajstić information content (AvgIpc) is 3.02. The molecule has 42 heavy (non-hydrogen) atoms. The number of rotatable bonds is 17. The molecule has 13 heteroatoms. The largest absolute Gasteiger partial charge is 0.496 e. The lowest BCUT2D eigenvalue weighted by Gasteiger charge is -2.25. The van der Waals surface area contributed by atoms with Gasteiger partial charge in [0.25, 0.3) is 0 Å². The Labute approximate surface area is 254 Å². The van der Waals surface area contributed by atoms with Gasteiger partial charge in [-0.15, -0.1) is 0 Å². The maximum atomic E-state index is 14.2. The lowest BCUT2D eigenvalue weighted by atomic mass is 10.2. The second kappa shape index (κ2) is 17.7. The molecule has 0 bridgehead atoms. The van der Waals surface area contributed by atoms with Crippen LogP contribution in [-0.2, 0) is 33.4 Å². The van der Waals surface area contributed by atoms with Crippen molar-refractivity contribution in [3.63, 3.8) is 0 Å². The Morgan fingerprint density at radius 1 is 0.786 bits per heavy atom. The van der Waals surface area contributed by atoms with Crippen LogP contribution in [0.5, 0.6) is 11.5 Å². The average molecular weight is 636 g/mol. The zero-order valence-electron chi connectivity index (χ0n) is 23.6. The number of methoxy groups -OCH3 is 2. The molecular formula is C29H34NO9PS2. The van der Waals surface area contributed by atoms with Gasteiger partial charge < -0.3 is 18.9 Å². The monoisotopic (exact) mass is 635 g/mol. The summed E-state index contributed by atoms with van der Waals surface area (Å²) >= 11 is 1.54. The highest BCUT2D eigenvalue weighted by Gasteiger charge is 2.35. The first kappa shape index (κ1) is 33.4. The number of unbranched alkanes of at least 4 members (excludes halogenated alkanes) is 1. The highest BCUT2D eigenvalue weighted by Crippen LogP contribution is 2.58. The maximum absolute atomic E-state index is 14.2. The van der Waals surface area contributed by atoms with E-state index in [1.807, 2.05) is 25.1 Å². The number of carbonyl (C=O) groups is 2. The highest BCUT2D eigenvalue weighted by molar-refractivity contribution is 8.02. The van der Waals surface area contributed by atoms with Gasteiger partial charge in [-0.05, 0) is 36.2 Å². The number of carbonyl (C=O) groups excluding carboxylic acids is 2. The molecule has 0 saturated heterocycles. The van der Waals surface area contributed by atoms with E-state index in [4.69, 9.17) is 26.9 Å². The van der Waals surface area contributed by atoms with Crippen LogP contribution < -0.4 is 9.47 Å². The van der Waals surface area contributed by atoms with E-state index >= 15 is 0 Å². The van der Waals surface area contributed by atoms with Gasteiger partial charge in [-0.3, -0.25) is 14.3 Å². The fourth-order valence-electron chi connectivity index (χ4n) is 3.35. The van der Waals surface area contributed by atoms with E-state index in [2.05, 4.69) is 0 Å². The first-order valence-electron chi connectivity index (χ1n) is 13.1. The van der Waals surface area contributed by atoms with Gasteiger partial charge in [0.05, 0.1) is 30.6 Å². The molecule has 3 aromatic carbocycles. The summed E-state index contributed by atoms with van der Waals surface area (Å²) < 4.78 is 47.2. The molecule has 0 aliphatic carbocycles. The van der Waals surface area contributed by atoms with Gasteiger partial charge in [0, 0.05) is 24.1 Å². The molecule has 0 aliphatic heterocycles. The Morgan fingerprint density at radius 2 is 1.33 bits per heavy atom. The summed E-state index contributed by atoms with van der Waals surface area (Å²) in [7, 11) is -1.17. The lowest BCUT2D eigenvalue weighted by molar-refractivity contribution is -0.144. The van der Waals surface area contributed by atoms with Crippen LogP contribution in [0.15, 0.2) is 88.7 Å². The van der Waals surface area contributed by atoms with Gasteiger partial charge in [0.2, 0.25) is 0 Å². The summed E-state index contributed by atoms with van der Waals surface area (Å²) in [5.74, 6) is 0.302. The third kappa shape index (κ3) is 10.9. The first-order chi connectivity index (χ1) is 20.4. The van der Waals surface area contributed by atoms with E-state index in [9.17, 15) is 14.2 Å². The number of para-hydroxylation sites is 2. The van der Waals surface area contributed by atoms with Crippen molar-refractivity contribution in [3.05, 3.63) is 84.4 Å². The minimum Gasteiger partial charge on any atom is -0.496 e. The van der Waals surface area contributed by atoms with Crippen molar-refractivity contribution in [1.29, 1.82) is 0 Å². The van der Waals surface area contributed by atoms with Gasteiger partial charge in [-0.2, -0.15) is 0 Å². The van der Waals surface area contributed by atoms with E-state index in [1.165, 1.54) is 14.2 Å². The standard InChI is InChI=1S/C29H34NO9PS2/c1-4-5-19-36-28(31)20-30(29(32)37-21-23-13-7-6-8-14-23)22-40(33,38-41-26-17-11-9-15-24(26)34-2)39-42-27-18-12-10-16-25(27)35-3/h6-18H,4-5,19-22H2,1-3H3. The molecule has 0 spiro atoms. The SMILES string of the molecule is CCCCOC(=O)CN(CP(=O)(OSc1ccccc1OC)OSc1ccccc1OC)C(=O)OCc1ccccc1. The minimum absolute atomic E-state index is 0.0565. The first-order valence-corrected chi connectivity index (χ1v) is 16.3. The molecule has 0 unspecified atom stereocenters. The number of nitrogens with zero attached hydrogens (tertiary/aromatic N) is 1. The fraction of sp³-hybridized carbons (Fsp3) is 0.310. The third-order valence-electron chi connectivity index (χ3n) is 5.51. The predicted molar refractivity (Wildman–Crippen MR) is 162 cm³/mol. The van der Waals surface area contributed by atoms with Crippen LogP contribution in [0.3, 0.4) is 0 Å². The third-order valence-corrected chi connectivity index (χ3v) is 9.64. The molecule has 3 aromatic rings. The van der Waals surface area contributed by atoms with Crippen LogP contribution in [0.2, 0.25) is 0 Å². The summed E-state index contributed by atoms with van der Waals surface area (Å²) in [4.78, 5) is 27.9. The number of benzene rings is 3. The van der Waals surface area contributed by atoms with E-state index in [0.717, 1.165) is 41.0 Å². The second-order valence-corrected chi connectivity index (χ2v) is 12.6.